The standard InChI is InChI=1S/C9H9N3O4/c13-8-2-1-7(9(14)15)11-12(8)4-6-3-10-16-5-6/h3,5H,1-2,4H2,(H,14,15). The van der Waals surface area contributed by atoms with Gasteiger partial charge in [0.05, 0.1) is 12.7 Å². The predicted molar refractivity (Wildman–Crippen MR) is 51.4 cm³/mol. The summed E-state index contributed by atoms with van der Waals surface area (Å²) < 4.78 is 4.61. The molecular weight excluding hydrogens is 214 g/mol. The number of nitrogens with zero attached hydrogens (tertiary/aromatic N) is 3. The average molecular weight is 223 g/mol. The first-order chi connectivity index (χ1) is 7.66. The van der Waals surface area contributed by atoms with Gasteiger partial charge in [-0.05, 0) is 0 Å². The molecule has 1 aromatic heterocycles. The van der Waals surface area contributed by atoms with Crippen LogP contribution < -0.4 is 0 Å². The Kier molecular flexibility index (Phi) is 2.67. The van der Waals surface area contributed by atoms with Gasteiger partial charge in [0.1, 0.15) is 12.0 Å². The van der Waals surface area contributed by atoms with Crippen LogP contribution in [-0.2, 0) is 16.1 Å². The molecule has 1 N–H and O–H groups in total. The molecule has 1 aliphatic heterocycles. The normalized spacial score (nSPS) is 16.1. The van der Waals surface area contributed by atoms with Gasteiger partial charge in [0.25, 0.3) is 0 Å². The fourth-order valence-electron chi connectivity index (χ4n) is 1.36. The van der Waals surface area contributed by atoms with E-state index in [0.29, 0.717) is 5.56 Å². The second kappa shape index (κ2) is 4.13. The van der Waals surface area contributed by atoms with Crippen LogP contribution in [-0.4, -0.2) is 32.9 Å². The molecule has 0 atom stereocenters. The lowest BCUT2D eigenvalue weighted by molar-refractivity contribution is -0.133. The maximum atomic E-state index is 11.5. The summed E-state index contributed by atoms with van der Waals surface area (Å²) in [4.78, 5) is 22.2. The molecule has 0 unspecified atom stereocenters. The number of carboxylic acid groups (broad SMARTS) is 1. The fraction of sp³-hybridized carbons (Fsp3) is 0.333. The first-order valence-electron chi connectivity index (χ1n) is 4.66. The molecule has 2 heterocycles. The van der Waals surface area contributed by atoms with Crippen LogP contribution in [0.5, 0.6) is 0 Å². The Morgan fingerprint density at radius 3 is 3.00 bits per heavy atom. The Labute approximate surface area is 90.3 Å². The van der Waals surface area contributed by atoms with E-state index in [1.165, 1.54) is 12.5 Å². The van der Waals surface area contributed by atoms with Crippen LogP contribution in [0.15, 0.2) is 22.1 Å². The summed E-state index contributed by atoms with van der Waals surface area (Å²) >= 11 is 0. The van der Waals surface area contributed by atoms with Crippen molar-refractivity contribution in [2.45, 2.75) is 19.4 Å². The van der Waals surface area contributed by atoms with E-state index in [0.717, 1.165) is 5.01 Å². The minimum atomic E-state index is -1.09. The largest absolute Gasteiger partial charge is 0.477 e. The van der Waals surface area contributed by atoms with Crippen molar-refractivity contribution < 1.29 is 19.2 Å². The maximum absolute atomic E-state index is 11.5. The number of rotatable bonds is 3. The maximum Gasteiger partial charge on any atom is 0.352 e. The zero-order valence-corrected chi connectivity index (χ0v) is 8.29. The number of aromatic nitrogens is 1. The molecular formula is C9H9N3O4. The third kappa shape index (κ3) is 2.08. The van der Waals surface area contributed by atoms with Gasteiger partial charge in [-0.2, -0.15) is 5.10 Å². The van der Waals surface area contributed by atoms with Crippen LogP contribution in [0.3, 0.4) is 0 Å². The molecule has 0 saturated heterocycles. The van der Waals surface area contributed by atoms with Crippen molar-refractivity contribution in [1.82, 2.24) is 10.2 Å². The van der Waals surface area contributed by atoms with Crippen LogP contribution >= 0.6 is 0 Å². The molecule has 1 aromatic rings. The summed E-state index contributed by atoms with van der Waals surface area (Å²) in [5.41, 5.74) is 0.666. The number of hydrogen-bond donors (Lipinski definition) is 1. The SMILES string of the molecule is O=C(O)C1=NN(Cc2cnoc2)C(=O)CC1. The number of carbonyl (C=O) groups excluding carboxylic acids is 1. The smallest absolute Gasteiger partial charge is 0.352 e. The second-order valence-electron chi connectivity index (χ2n) is 3.34. The summed E-state index contributed by atoms with van der Waals surface area (Å²) in [7, 11) is 0. The second-order valence-corrected chi connectivity index (χ2v) is 3.34. The van der Waals surface area contributed by atoms with Crippen molar-refractivity contribution in [1.29, 1.82) is 0 Å². The molecule has 2 rings (SSSR count). The van der Waals surface area contributed by atoms with Crippen molar-refractivity contribution in [3.8, 4) is 0 Å². The molecule has 16 heavy (non-hydrogen) atoms. The van der Waals surface area contributed by atoms with Crippen molar-refractivity contribution in [3.05, 3.63) is 18.0 Å². The zero-order chi connectivity index (χ0) is 11.5. The summed E-state index contributed by atoms with van der Waals surface area (Å²) in [6.07, 6.45) is 3.18. The van der Waals surface area contributed by atoms with Crippen molar-refractivity contribution in [3.63, 3.8) is 0 Å². The summed E-state index contributed by atoms with van der Waals surface area (Å²) in [5, 5.41) is 17.2. The molecule has 0 aromatic carbocycles. The molecule has 7 nitrogen and oxygen atoms in total. The minimum absolute atomic E-state index is 0.00365. The van der Waals surface area contributed by atoms with E-state index in [1.54, 1.807) is 0 Å². The van der Waals surface area contributed by atoms with E-state index in [9.17, 15) is 9.59 Å². The molecule has 0 fully saturated rings. The third-order valence-corrected chi connectivity index (χ3v) is 2.17. The Hall–Kier alpha value is -2.18. The van der Waals surface area contributed by atoms with E-state index in [4.69, 9.17) is 5.11 Å². The molecule has 0 spiro atoms. The minimum Gasteiger partial charge on any atom is -0.477 e. The predicted octanol–water partition coefficient (Wildman–Crippen LogP) is 0.238. The molecule has 0 bridgehead atoms. The highest BCUT2D eigenvalue weighted by molar-refractivity contribution is 6.36. The van der Waals surface area contributed by atoms with Gasteiger partial charge in [-0.1, -0.05) is 5.16 Å². The molecule has 1 aliphatic rings. The molecule has 0 radical (unpaired) electrons. The lowest BCUT2D eigenvalue weighted by Gasteiger charge is -2.21. The van der Waals surface area contributed by atoms with E-state index in [1.807, 2.05) is 0 Å². The van der Waals surface area contributed by atoms with E-state index in [2.05, 4.69) is 14.8 Å². The van der Waals surface area contributed by atoms with Crippen molar-refractivity contribution in [2.24, 2.45) is 5.10 Å². The van der Waals surface area contributed by atoms with E-state index in [-0.39, 0.29) is 31.0 Å². The summed E-state index contributed by atoms with van der Waals surface area (Å²) in [6.45, 7) is 0.180. The first-order valence-corrected chi connectivity index (χ1v) is 4.66. The number of amides is 1. The van der Waals surface area contributed by atoms with Crippen LogP contribution in [0.4, 0.5) is 0 Å². The molecule has 0 saturated carbocycles. The molecule has 84 valence electrons. The van der Waals surface area contributed by atoms with Crippen LogP contribution in [0.1, 0.15) is 18.4 Å². The number of carboxylic acids is 1. The van der Waals surface area contributed by atoms with Gasteiger partial charge in [-0.25, -0.2) is 9.80 Å². The van der Waals surface area contributed by atoms with E-state index < -0.39 is 5.97 Å². The lowest BCUT2D eigenvalue weighted by atomic mass is 10.1. The van der Waals surface area contributed by atoms with Gasteiger partial charge in [-0.15, -0.1) is 0 Å². The topological polar surface area (TPSA) is 96.0 Å². The van der Waals surface area contributed by atoms with Crippen molar-refractivity contribution >= 4 is 17.6 Å². The average Bonchev–Trinajstić information content (AvgIpc) is 2.73. The Morgan fingerprint density at radius 1 is 1.56 bits per heavy atom. The fourth-order valence-corrected chi connectivity index (χ4v) is 1.36. The third-order valence-electron chi connectivity index (χ3n) is 2.17. The molecule has 0 aliphatic carbocycles. The number of carbonyl (C=O) groups is 2. The lowest BCUT2D eigenvalue weighted by Crippen LogP contribution is -2.33. The Bertz CT molecular complexity index is 438. The molecule has 1 amide bonds. The van der Waals surface area contributed by atoms with E-state index >= 15 is 0 Å². The Balaban J connectivity index is 2.15. The Morgan fingerprint density at radius 2 is 2.38 bits per heavy atom. The van der Waals surface area contributed by atoms with Crippen LogP contribution in [0.25, 0.3) is 0 Å². The first kappa shape index (κ1) is 10.3. The number of hydrazone groups is 1. The highest BCUT2D eigenvalue weighted by Gasteiger charge is 2.24. The highest BCUT2D eigenvalue weighted by atomic mass is 16.5. The summed E-state index contributed by atoms with van der Waals surface area (Å²) in [6, 6.07) is 0. The van der Waals surface area contributed by atoms with Crippen LogP contribution in [0.2, 0.25) is 0 Å². The number of hydrogen-bond acceptors (Lipinski definition) is 5. The monoisotopic (exact) mass is 223 g/mol. The van der Waals surface area contributed by atoms with Crippen LogP contribution in [0, 0.1) is 0 Å². The van der Waals surface area contributed by atoms with Gasteiger partial charge in [-0.3, -0.25) is 4.79 Å². The molecule has 7 heteroatoms. The van der Waals surface area contributed by atoms with Gasteiger partial charge in [0.2, 0.25) is 5.91 Å². The summed E-state index contributed by atoms with van der Waals surface area (Å²) in [5.74, 6) is -1.30. The quantitative estimate of drug-likeness (QED) is 0.791. The van der Waals surface area contributed by atoms with Gasteiger partial charge in [0.15, 0.2) is 0 Å². The van der Waals surface area contributed by atoms with Crippen molar-refractivity contribution in [2.75, 3.05) is 0 Å². The van der Waals surface area contributed by atoms with Gasteiger partial charge in [0, 0.05) is 18.4 Å². The zero-order valence-electron chi connectivity index (χ0n) is 8.29. The van der Waals surface area contributed by atoms with Gasteiger partial charge < -0.3 is 9.63 Å². The number of aliphatic carboxylic acids is 1. The van der Waals surface area contributed by atoms with Gasteiger partial charge >= 0.3 is 5.97 Å². The highest BCUT2D eigenvalue weighted by Crippen LogP contribution is 2.13.